The van der Waals surface area contributed by atoms with Gasteiger partial charge in [0.2, 0.25) is 5.91 Å². The maximum atomic E-state index is 11.6. The van der Waals surface area contributed by atoms with Crippen LogP contribution in [0, 0.1) is 5.92 Å². The fourth-order valence-corrected chi connectivity index (χ4v) is 3.13. The molecule has 6 heteroatoms. The van der Waals surface area contributed by atoms with E-state index in [4.69, 9.17) is 4.18 Å². The Morgan fingerprint density at radius 2 is 2.20 bits per heavy atom. The SMILES string of the molecule is CCC(C)C(=O)NCCc1ccc2c(c1)CS(=O)(=O)O2. The third-order valence-corrected chi connectivity index (χ3v) is 4.54. The van der Waals surface area contributed by atoms with E-state index in [1.807, 2.05) is 26.0 Å². The number of hydrogen-bond donors (Lipinski definition) is 1. The Balaban J connectivity index is 1.91. The van der Waals surface area contributed by atoms with Gasteiger partial charge in [-0.3, -0.25) is 4.79 Å². The lowest BCUT2D eigenvalue weighted by molar-refractivity contribution is -0.124. The zero-order valence-electron chi connectivity index (χ0n) is 11.7. The Hall–Kier alpha value is -1.56. The summed E-state index contributed by atoms with van der Waals surface area (Å²) in [5, 5.41) is 2.88. The summed E-state index contributed by atoms with van der Waals surface area (Å²) < 4.78 is 27.5. The molecule has 0 aromatic heterocycles. The second kappa shape index (κ2) is 5.83. The van der Waals surface area contributed by atoms with Crippen molar-refractivity contribution in [2.45, 2.75) is 32.4 Å². The van der Waals surface area contributed by atoms with Crippen molar-refractivity contribution < 1.29 is 17.4 Å². The van der Waals surface area contributed by atoms with E-state index in [0.717, 1.165) is 12.0 Å². The van der Waals surface area contributed by atoms with Crippen molar-refractivity contribution in [1.82, 2.24) is 5.32 Å². The molecule has 1 aliphatic heterocycles. The van der Waals surface area contributed by atoms with Gasteiger partial charge in [-0.25, -0.2) is 0 Å². The van der Waals surface area contributed by atoms with Crippen LogP contribution in [0.4, 0.5) is 0 Å². The van der Waals surface area contributed by atoms with Gasteiger partial charge in [0.05, 0.1) is 0 Å². The quantitative estimate of drug-likeness (QED) is 0.838. The molecule has 0 radical (unpaired) electrons. The molecule has 0 saturated carbocycles. The van der Waals surface area contributed by atoms with Crippen molar-refractivity contribution in [2.75, 3.05) is 6.54 Å². The molecule has 1 atom stereocenters. The molecule has 20 heavy (non-hydrogen) atoms. The van der Waals surface area contributed by atoms with E-state index in [2.05, 4.69) is 5.32 Å². The van der Waals surface area contributed by atoms with Gasteiger partial charge in [0, 0.05) is 18.0 Å². The molecule has 1 N–H and O–H groups in total. The Morgan fingerprint density at radius 3 is 2.90 bits per heavy atom. The number of rotatable bonds is 5. The monoisotopic (exact) mass is 297 g/mol. The number of hydrogen-bond acceptors (Lipinski definition) is 4. The van der Waals surface area contributed by atoms with Crippen LogP contribution in [-0.4, -0.2) is 20.9 Å². The Bertz CT molecular complexity index is 610. The summed E-state index contributed by atoms with van der Waals surface area (Å²) in [6.45, 7) is 4.42. The molecule has 0 bridgehead atoms. The molecular formula is C14H19NO4S. The van der Waals surface area contributed by atoms with Crippen molar-refractivity contribution in [3.63, 3.8) is 0 Å². The summed E-state index contributed by atoms with van der Waals surface area (Å²) in [5.41, 5.74) is 1.68. The highest BCUT2D eigenvalue weighted by atomic mass is 32.2. The summed E-state index contributed by atoms with van der Waals surface area (Å²) in [7, 11) is -3.44. The van der Waals surface area contributed by atoms with Crippen LogP contribution >= 0.6 is 0 Å². The van der Waals surface area contributed by atoms with Crippen molar-refractivity contribution >= 4 is 16.0 Å². The third kappa shape index (κ3) is 3.50. The van der Waals surface area contributed by atoms with Crippen LogP contribution in [0.15, 0.2) is 18.2 Å². The maximum Gasteiger partial charge on any atom is 0.313 e. The average molecular weight is 297 g/mol. The minimum Gasteiger partial charge on any atom is -0.382 e. The summed E-state index contributed by atoms with van der Waals surface area (Å²) in [6.07, 6.45) is 1.50. The molecule has 1 unspecified atom stereocenters. The van der Waals surface area contributed by atoms with Gasteiger partial charge in [0.25, 0.3) is 0 Å². The normalized spacial score (nSPS) is 17.1. The van der Waals surface area contributed by atoms with E-state index in [1.54, 1.807) is 6.07 Å². The number of fused-ring (bicyclic) bond motifs is 1. The zero-order chi connectivity index (χ0) is 14.8. The molecule has 1 aromatic rings. The third-order valence-electron chi connectivity index (χ3n) is 3.45. The van der Waals surface area contributed by atoms with E-state index >= 15 is 0 Å². The summed E-state index contributed by atoms with van der Waals surface area (Å²) in [6, 6.07) is 5.33. The first-order chi connectivity index (χ1) is 9.41. The molecule has 2 rings (SSSR count). The van der Waals surface area contributed by atoms with Crippen LogP contribution in [0.5, 0.6) is 5.75 Å². The number of benzene rings is 1. The summed E-state index contributed by atoms with van der Waals surface area (Å²) in [5.74, 6) is 0.417. The Labute approximate surface area is 119 Å². The van der Waals surface area contributed by atoms with Crippen LogP contribution in [0.1, 0.15) is 31.4 Å². The highest BCUT2D eigenvalue weighted by molar-refractivity contribution is 7.86. The van der Waals surface area contributed by atoms with Gasteiger partial charge in [0.1, 0.15) is 11.5 Å². The molecule has 1 aromatic carbocycles. The van der Waals surface area contributed by atoms with Gasteiger partial charge < -0.3 is 9.50 Å². The first kappa shape index (κ1) is 14.8. The van der Waals surface area contributed by atoms with Crippen molar-refractivity contribution in [2.24, 2.45) is 5.92 Å². The van der Waals surface area contributed by atoms with Gasteiger partial charge in [-0.15, -0.1) is 0 Å². The van der Waals surface area contributed by atoms with Crippen molar-refractivity contribution in [3.8, 4) is 5.75 Å². The van der Waals surface area contributed by atoms with Gasteiger partial charge in [-0.05, 0) is 24.5 Å². The lowest BCUT2D eigenvalue weighted by Crippen LogP contribution is -2.30. The van der Waals surface area contributed by atoms with Crippen molar-refractivity contribution in [1.29, 1.82) is 0 Å². The lowest BCUT2D eigenvalue weighted by Gasteiger charge is -2.10. The molecule has 0 fully saturated rings. The smallest absolute Gasteiger partial charge is 0.313 e. The summed E-state index contributed by atoms with van der Waals surface area (Å²) >= 11 is 0. The minimum atomic E-state index is -3.44. The Kier molecular flexibility index (Phi) is 4.32. The predicted molar refractivity (Wildman–Crippen MR) is 75.9 cm³/mol. The second-order valence-corrected chi connectivity index (χ2v) is 6.65. The minimum absolute atomic E-state index is 0.0218. The van der Waals surface area contributed by atoms with Crippen LogP contribution < -0.4 is 9.50 Å². The van der Waals surface area contributed by atoms with E-state index in [0.29, 0.717) is 24.3 Å². The van der Waals surface area contributed by atoms with Gasteiger partial charge in [-0.1, -0.05) is 26.0 Å². The van der Waals surface area contributed by atoms with Gasteiger partial charge in [0.15, 0.2) is 0 Å². The molecule has 0 saturated heterocycles. The van der Waals surface area contributed by atoms with Crippen LogP contribution in [0.2, 0.25) is 0 Å². The standard InChI is InChI=1S/C14H19NO4S/c1-3-10(2)14(16)15-7-6-11-4-5-13-12(8-11)9-20(17,18)19-13/h4-5,8,10H,3,6-7,9H2,1-2H3,(H,15,16). The lowest BCUT2D eigenvalue weighted by atomic mass is 10.1. The van der Waals surface area contributed by atoms with E-state index in [-0.39, 0.29) is 17.6 Å². The number of nitrogens with one attached hydrogen (secondary N) is 1. The second-order valence-electron chi connectivity index (χ2n) is 5.08. The zero-order valence-corrected chi connectivity index (χ0v) is 12.5. The van der Waals surface area contributed by atoms with E-state index in [1.165, 1.54) is 0 Å². The molecular weight excluding hydrogens is 278 g/mol. The molecule has 110 valence electrons. The molecule has 0 aliphatic carbocycles. The largest absolute Gasteiger partial charge is 0.382 e. The fraction of sp³-hybridized carbons (Fsp3) is 0.500. The fourth-order valence-electron chi connectivity index (χ4n) is 2.03. The van der Waals surface area contributed by atoms with Crippen LogP contribution in [0.3, 0.4) is 0 Å². The predicted octanol–water partition coefficient (Wildman–Crippen LogP) is 1.61. The molecule has 1 heterocycles. The van der Waals surface area contributed by atoms with Crippen LogP contribution in [-0.2, 0) is 27.1 Å². The first-order valence-corrected chi connectivity index (χ1v) is 8.30. The van der Waals surface area contributed by atoms with Gasteiger partial charge in [-0.2, -0.15) is 8.42 Å². The number of carbonyl (C=O) groups excluding carboxylic acids is 1. The number of carbonyl (C=O) groups is 1. The average Bonchev–Trinajstić information content (AvgIpc) is 2.70. The molecule has 1 aliphatic rings. The summed E-state index contributed by atoms with van der Waals surface area (Å²) in [4.78, 5) is 11.6. The highest BCUT2D eigenvalue weighted by Gasteiger charge is 2.26. The topological polar surface area (TPSA) is 72.5 Å². The first-order valence-electron chi connectivity index (χ1n) is 6.73. The number of amides is 1. The molecule has 1 amide bonds. The maximum absolute atomic E-state index is 11.6. The van der Waals surface area contributed by atoms with Crippen molar-refractivity contribution in [3.05, 3.63) is 29.3 Å². The van der Waals surface area contributed by atoms with E-state index in [9.17, 15) is 13.2 Å². The van der Waals surface area contributed by atoms with Gasteiger partial charge >= 0.3 is 10.1 Å². The van der Waals surface area contributed by atoms with E-state index < -0.39 is 10.1 Å². The Morgan fingerprint density at radius 1 is 1.45 bits per heavy atom. The molecule has 0 spiro atoms. The highest BCUT2D eigenvalue weighted by Crippen LogP contribution is 2.30. The molecule has 5 nitrogen and oxygen atoms in total. The van der Waals surface area contributed by atoms with Crippen LogP contribution in [0.25, 0.3) is 0 Å².